The van der Waals surface area contributed by atoms with Gasteiger partial charge < -0.3 is 11.8 Å². The first-order chi connectivity index (χ1) is 10.4. The Hall–Kier alpha value is 0.144. The third-order valence-corrected chi connectivity index (χ3v) is 5.38. The van der Waals surface area contributed by atoms with E-state index in [2.05, 4.69) is 52.0 Å². The molecule has 1 aromatic rings. The van der Waals surface area contributed by atoms with Crippen molar-refractivity contribution >= 4 is 23.4 Å². The first kappa shape index (κ1) is 21.2. The summed E-state index contributed by atoms with van der Waals surface area (Å²) >= 11 is 1.95. The van der Waals surface area contributed by atoms with Gasteiger partial charge in [0.15, 0.2) is 0 Å². The molecule has 1 aliphatic rings. The molecule has 1 aromatic carbocycles. The molecule has 1 saturated heterocycles. The molecule has 0 saturated carbocycles. The zero-order valence-corrected chi connectivity index (χ0v) is 18.3. The van der Waals surface area contributed by atoms with Crippen LogP contribution in [0.3, 0.4) is 0 Å². The Morgan fingerprint density at radius 1 is 1.26 bits per heavy atom. The van der Waals surface area contributed by atoms with Crippen LogP contribution in [-0.4, -0.2) is 23.5 Å². The minimum Gasteiger partial charge on any atom is -0.343 e. The number of amides is 1. The van der Waals surface area contributed by atoms with Crippen molar-refractivity contribution in [1.29, 1.82) is 0 Å². The van der Waals surface area contributed by atoms with Gasteiger partial charge in [-0.2, -0.15) is 18.2 Å². The number of hydrogen-bond acceptors (Lipinski definition) is 2. The Bertz CT molecular complexity index is 495. The molecule has 125 valence electrons. The zero-order chi connectivity index (χ0) is 16.2. The van der Waals surface area contributed by atoms with Crippen LogP contribution in [-0.2, 0) is 42.9 Å². The second-order valence-corrected chi connectivity index (χ2v) is 8.18. The quantitative estimate of drug-likeness (QED) is 0.498. The first-order valence-corrected chi connectivity index (χ1v) is 9.38. The number of thioether (sulfide) groups is 1. The van der Waals surface area contributed by atoms with E-state index >= 15 is 0 Å². The van der Waals surface area contributed by atoms with Crippen LogP contribution in [0.15, 0.2) is 24.3 Å². The number of carbonyl (C=O) groups is 1. The molecule has 0 aromatic heterocycles. The van der Waals surface area contributed by atoms with Gasteiger partial charge in [0.2, 0.25) is 5.91 Å². The maximum atomic E-state index is 12.3. The molecular weight excluding hydrogens is 379 g/mol. The van der Waals surface area contributed by atoms with E-state index in [-0.39, 0.29) is 44.0 Å². The number of hydrogen-bond donors (Lipinski definition) is 0. The third-order valence-electron chi connectivity index (χ3n) is 4.19. The van der Waals surface area contributed by atoms with Crippen molar-refractivity contribution in [2.75, 3.05) is 16.4 Å². The summed E-state index contributed by atoms with van der Waals surface area (Å²) in [5.41, 5.74) is 2.51. The molecule has 1 aliphatic heterocycles. The Balaban J connectivity index is 0.00000264. The number of nitrogens with zero attached hydrogens (tertiary/aromatic N) is 1. The van der Waals surface area contributed by atoms with Gasteiger partial charge in [0, 0.05) is 56.6 Å². The van der Waals surface area contributed by atoms with Crippen molar-refractivity contribution in [3.63, 3.8) is 0 Å². The summed E-state index contributed by atoms with van der Waals surface area (Å²) in [5, 5.41) is 0. The van der Waals surface area contributed by atoms with Crippen LogP contribution in [0.25, 0.3) is 0 Å². The summed E-state index contributed by atoms with van der Waals surface area (Å²) in [7, 11) is 0. The van der Waals surface area contributed by atoms with Crippen molar-refractivity contribution in [2.24, 2.45) is 0 Å². The Kier molecular flexibility index (Phi) is 8.83. The second-order valence-electron chi connectivity index (χ2n) is 7.04. The van der Waals surface area contributed by atoms with E-state index in [1.165, 1.54) is 5.56 Å². The smallest absolute Gasteiger partial charge is 0.227 e. The van der Waals surface area contributed by atoms with E-state index in [1.807, 2.05) is 16.7 Å². The molecule has 4 heteroatoms. The second kappa shape index (κ2) is 9.58. The molecule has 23 heavy (non-hydrogen) atoms. The van der Waals surface area contributed by atoms with Crippen molar-refractivity contribution in [3.8, 4) is 0 Å². The predicted octanol–water partition coefficient (Wildman–Crippen LogP) is 4.82. The fourth-order valence-electron chi connectivity index (χ4n) is 2.80. The van der Waals surface area contributed by atoms with Crippen molar-refractivity contribution in [3.05, 3.63) is 36.8 Å². The average Bonchev–Trinajstić information content (AvgIpc) is 2.84. The van der Waals surface area contributed by atoms with Gasteiger partial charge in [0.1, 0.15) is 0 Å². The molecule has 0 unspecified atom stereocenters. The molecule has 2 nitrogen and oxygen atoms in total. The van der Waals surface area contributed by atoms with Gasteiger partial charge in [0.05, 0.1) is 0 Å². The summed E-state index contributed by atoms with van der Waals surface area (Å²) < 4.78 is 0. The predicted molar refractivity (Wildman–Crippen MR) is 97.6 cm³/mol. The van der Waals surface area contributed by atoms with Crippen LogP contribution in [0.1, 0.15) is 52.0 Å². The summed E-state index contributed by atoms with van der Waals surface area (Å²) in [6.07, 6.45) is 3.82. The summed E-state index contributed by atoms with van der Waals surface area (Å²) in [6, 6.07) is 8.89. The molecule has 1 amide bonds. The molecule has 1 radical (unpaired) electrons. The summed E-state index contributed by atoms with van der Waals surface area (Å²) in [5.74, 6) is 2.45. The van der Waals surface area contributed by atoms with Gasteiger partial charge in [-0.05, 0) is 35.3 Å². The fraction of sp³-hybridized carbons (Fsp3) is 0.579. The molecule has 1 heterocycles. The fourth-order valence-corrected chi connectivity index (χ4v) is 3.96. The number of benzene rings is 1. The SMILES string of the molecule is [CH2-]CCCSC[C@@H]1CCC(=O)N1c1ccc(C(C)(C)C)cc1.[Y]. The molecule has 2 rings (SSSR count). The largest absolute Gasteiger partial charge is 0.343 e. The van der Waals surface area contributed by atoms with Gasteiger partial charge in [-0.25, -0.2) is 0 Å². The number of carbonyl (C=O) groups excluding carboxylic acids is 1. The van der Waals surface area contributed by atoms with Crippen molar-refractivity contribution in [1.82, 2.24) is 0 Å². The number of rotatable bonds is 6. The Labute approximate surface area is 171 Å². The van der Waals surface area contributed by atoms with E-state index in [0.29, 0.717) is 12.5 Å². The van der Waals surface area contributed by atoms with Gasteiger partial charge in [-0.3, -0.25) is 4.79 Å². The topological polar surface area (TPSA) is 20.3 Å². The monoisotopic (exact) mass is 407 g/mol. The van der Waals surface area contributed by atoms with Crippen LogP contribution >= 0.6 is 11.8 Å². The molecular formula is C19H28NOSY-. The Morgan fingerprint density at radius 3 is 2.48 bits per heavy atom. The third kappa shape index (κ3) is 5.86. The van der Waals surface area contributed by atoms with Gasteiger partial charge in [0.25, 0.3) is 0 Å². The van der Waals surface area contributed by atoms with E-state index in [0.717, 1.165) is 36.5 Å². The minimum absolute atomic E-state index is 0. The normalized spacial score (nSPS) is 18.2. The van der Waals surface area contributed by atoms with Crippen molar-refractivity contribution in [2.45, 2.75) is 57.9 Å². The molecule has 0 bridgehead atoms. The summed E-state index contributed by atoms with van der Waals surface area (Å²) in [6.45, 7) is 10.5. The maximum Gasteiger partial charge on any atom is 0.227 e. The van der Waals surface area contributed by atoms with Gasteiger partial charge in [-0.1, -0.05) is 39.3 Å². The van der Waals surface area contributed by atoms with Gasteiger partial charge in [-0.15, -0.1) is 0 Å². The summed E-state index contributed by atoms with van der Waals surface area (Å²) in [4.78, 5) is 14.3. The van der Waals surface area contributed by atoms with Crippen LogP contribution in [0.5, 0.6) is 0 Å². The molecule has 1 fully saturated rings. The molecule has 0 aliphatic carbocycles. The van der Waals surface area contributed by atoms with Crippen LogP contribution in [0.2, 0.25) is 0 Å². The van der Waals surface area contributed by atoms with E-state index in [9.17, 15) is 4.79 Å². The molecule has 0 N–H and O–H groups in total. The van der Waals surface area contributed by atoms with E-state index in [1.54, 1.807) is 0 Å². The minimum atomic E-state index is 0. The van der Waals surface area contributed by atoms with Crippen LogP contribution < -0.4 is 4.90 Å². The molecule has 1 atom stereocenters. The maximum absolute atomic E-state index is 12.3. The number of anilines is 1. The first-order valence-electron chi connectivity index (χ1n) is 8.23. The van der Waals surface area contributed by atoms with Crippen LogP contribution in [0, 0.1) is 6.92 Å². The van der Waals surface area contributed by atoms with Crippen molar-refractivity contribution < 1.29 is 37.5 Å². The molecule has 0 spiro atoms. The zero-order valence-electron chi connectivity index (χ0n) is 14.7. The standard InChI is InChI=1S/C19H28NOS.Y/c1-5-6-13-22-14-17-11-12-18(21)20(17)16-9-7-15(8-10-16)19(2,3)4;/h7-10,17H,1,5-6,11-14H2,2-4H3;/q-1;/t17-;/m0./s1. The average molecular weight is 407 g/mol. The Morgan fingerprint density at radius 2 is 1.91 bits per heavy atom. The number of unbranched alkanes of at least 4 members (excludes halogenated alkanes) is 1. The van der Waals surface area contributed by atoms with Gasteiger partial charge >= 0.3 is 0 Å². The van der Waals surface area contributed by atoms with E-state index < -0.39 is 0 Å². The van der Waals surface area contributed by atoms with Crippen LogP contribution in [0.4, 0.5) is 5.69 Å². The van der Waals surface area contributed by atoms with E-state index in [4.69, 9.17) is 0 Å².